The predicted octanol–water partition coefficient (Wildman–Crippen LogP) is 6.18. The number of aryl methyl sites for hydroxylation is 1. The number of hydrogen-bond acceptors (Lipinski definition) is 2. The highest BCUT2D eigenvalue weighted by atomic mass is 32.2. The molecule has 6 heteroatoms. The van der Waals surface area contributed by atoms with Crippen LogP contribution in [-0.4, -0.2) is 21.5 Å². The minimum absolute atomic E-state index is 0.0796. The Bertz CT molecular complexity index is 739. The topological polar surface area (TPSA) is 17.8 Å². The first-order valence-corrected chi connectivity index (χ1v) is 9.82. The van der Waals surface area contributed by atoms with Crippen LogP contribution in [0.1, 0.15) is 52.3 Å². The number of nitrogens with zero attached hydrogens (tertiary/aromatic N) is 2. The Kier molecular flexibility index (Phi) is 5.11. The van der Waals surface area contributed by atoms with Crippen molar-refractivity contribution in [3.63, 3.8) is 0 Å². The second kappa shape index (κ2) is 6.86. The summed E-state index contributed by atoms with van der Waals surface area (Å²) in [5.74, 6) is 2.85. The maximum absolute atomic E-state index is 12.5. The molecule has 0 aliphatic heterocycles. The second-order valence-electron chi connectivity index (χ2n) is 7.96. The third kappa shape index (κ3) is 4.93. The first-order chi connectivity index (χ1) is 11.6. The molecule has 138 valence electrons. The highest BCUT2D eigenvalue weighted by molar-refractivity contribution is 7.99. The SMILES string of the molecule is CC(C)(C)c1nc2cc(SCC3CC3)ccc2n1CCCC(F)(F)F. The van der Waals surface area contributed by atoms with Crippen molar-refractivity contribution < 1.29 is 13.2 Å². The van der Waals surface area contributed by atoms with Crippen molar-refractivity contribution in [3.05, 3.63) is 24.0 Å². The zero-order chi connectivity index (χ0) is 18.2. The summed E-state index contributed by atoms with van der Waals surface area (Å²) in [6, 6.07) is 6.17. The molecule has 1 heterocycles. The van der Waals surface area contributed by atoms with Gasteiger partial charge in [0.25, 0.3) is 0 Å². The number of alkyl halides is 3. The Balaban J connectivity index is 1.86. The number of aromatic nitrogens is 2. The number of halogens is 3. The fourth-order valence-electron chi connectivity index (χ4n) is 2.93. The molecular formula is C19H25F3N2S. The molecule has 2 aromatic rings. The van der Waals surface area contributed by atoms with Crippen LogP contribution in [0.4, 0.5) is 13.2 Å². The van der Waals surface area contributed by atoms with Gasteiger partial charge in [0.1, 0.15) is 5.82 Å². The van der Waals surface area contributed by atoms with Crippen molar-refractivity contribution in [2.45, 2.75) is 69.5 Å². The van der Waals surface area contributed by atoms with E-state index in [1.165, 1.54) is 17.7 Å². The molecule has 1 aromatic heterocycles. The minimum Gasteiger partial charge on any atom is -0.328 e. The molecule has 0 saturated heterocycles. The molecule has 1 saturated carbocycles. The molecule has 25 heavy (non-hydrogen) atoms. The average molecular weight is 370 g/mol. The fraction of sp³-hybridized carbons (Fsp3) is 0.632. The van der Waals surface area contributed by atoms with Gasteiger partial charge in [0.05, 0.1) is 11.0 Å². The Hall–Kier alpha value is -1.17. The van der Waals surface area contributed by atoms with Crippen LogP contribution < -0.4 is 0 Å². The molecule has 1 aliphatic carbocycles. The lowest BCUT2D eigenvalue weighted by Crippen LogP contribution is -2.20. The molecule has 1 aliphatic rings. The summed E-state index contributed by atoms with van der Waals surface area (Å²) < 4.78 is 39.5. The van der Waals surface area contributed by atoms with Gasteiger partial charge >= 0.3 is 6.18 Å². The fourth-order valence-corrected chi connectivity index (χ4v) is 4.06. The Morgan fingerprint density at radius 3 is 2.52 bits per heavy atom. The molecule has 1 fully saturated rings. The number of thioether (sulfide) groups is 1. The summed E-state index contributed by atoms with van der Waals surface area (Å²) >= 11 is 1.85. The van der Waals surface area contributed by atoms with Gasteiger partial charge in [-0.1, -0.05) is 20.8 Å². The molecule has 2 nitrogen and oxygen atoms in total. The first kappa shape index (κ1) is 18.6. The molecular weight excluding hydrogens is 345 g/mol. The number of hydrogen-bond donors (Lipinski definition) is 0. The third-order valence-electron chi connectivity index (χ3n) is 4.42. The van der Waals surface area contributed by atoms with E-state index in [0.29, 0.717) is 6.54 Å². The lowest BCUT2D eigenvalue weighted by molar-refractivity contribution is -0.135. The molecule has 0 N–H and O–H groups in total. The summed E-state index contributed by atoms with van der Waals surface area (Å²) in [4.78, 5) is 5.97. The molecule has 3 rings (SSSR count). The van der Waals surface area contributed by atoms with Gasteiger partial charge in [0.2, 0.25) is 0 Å². The monoisotopic (exact) mass is 370 g/mol. The highest BCUT2D eigenvalue weighted by Gasteiger charge is 2.28. The van der Waals surface area contributed by atoms with E-state index in [9.17, 15) is 13.2 Å². The molecule has 0 unspecified atom stereocenters. The number of fused-ring (bicyclic) bond motifs is 1. The van der Waals surface area contributed by atoms with Crippen molar-refractivity contribution in [1.29, 1.82) is 0 Å². The van der Waals surface area contributed by atoms with Crippen LogP contribution in [0.3, 0.4) is 0 Å². The van der Waals surface area contributed by atoms with Gasteiger partial charge in [0, 0.05) is 29.0 Å². The lowest BCUT2D eigenvalue weighted by Gasteiger charge is -2.20. The maximum atomic E-state index is 12.5. The zero-order valence-electron chi connectivity index (χ0n) is 15.0. The molecule has 0 amide bonds. The van der Waals surface area contributed by atoms with Gasteiger partial charge in [-0.05, 0) is 43.4 Å². The Morgan fingerprint density at radius 1 is 1.20 bits per heavy atom. The van der Waals surface area contributed by atoms with Crippen LogP contribution in [0.25, 0.3) is 11.0 Å². The van der Waals surface area contributed by atoms with Crippen LogP contribution in [0.5, 0.6) is 0 Å². The van der Waals surface area contributed by atoms with E-state index < -0.39 is 12.6 Å². The van der Waals surface area contributed by atoms with Crippen molar-refractivity contribution in [1.82, 2.24) is 9.55 Å². The second-order valence-corrected chi connectivity index (χ2v) is 9.05. The van der Waals surface area contributed by atoms with E-state index in [1.807, 2.05) is 22.4 Å². The van der Waals surface area contributed by atoms with Crippen LogP contribution in [0.2, 0.25) is 0 Å². The Morgan fingerprint density at radius 2 is 1.92 bits per heavy atom. The summed E-state index contributed by atoms with van der Waals surface area (Å²) in [5, 5.41) is 0. The largest absolute Gasteiger partial charge is 0.389 e. The van der Waals surface area contributed by atoms with Crippen molar-refractivity contribution >= 4 is 22.8 Å². The number of rotatable bonds is 6. The average Bonchev–Trinajstić information content (AvgIpc) is 3.24. The predicted molar refractivity (Wildman–Crippen MR) is 97.2 cm³/mol. The van der Waals surface area contributed by atoms with E-state index in [0.717, 1.165) is 28.5 Å². The van der Waals surface area contributed by atoms with Crippen molar-refractivity contribution in [3.8, 4) is 0 Å². The molecule has 1 aromatic carbocycles. The van der Waals surface area contributed by atoms with E-state index in [4.69, 9.17) is 4.98 Å². The third-order valence-corrected chi connectivity index (χ3v) is 5.64. The van der Waals surface area contributed by atoms with Gasteiger partial charge < -0.3 is 4.57 Å². The van der Waals surface area contributed by atoms with Gasteiger partial charge in [-0.25, -0.2) is 4.98 Å². The zero-order valence-corrected chi connectivity index (χ0v) is 15.8. The summed E-state index contributed by atoms with van der Waals surface area (Å²) in [6.45, 7) is 6.50. The quantitative estimate of drug-likeness (QED) is 0.565. The normalized spacial score (nSPS) is 15.9. The molecule has 0 spiro atoms. The van der Waals surface area contributed by atoms with Gasteiger partial charge in [-0.3, -0.25) is 0 Å². The minimum atomic E-state index is -4.11. The Labute approximate surface area is 151 Å². The van der Waals surface area contributed by atoms with Gasteiger partial charge in [0.15, 0.2) is 0 Å². The van der Waals surface area contributed by atoms with Gasteiger partial charge in [-0.15, -0.1) is 11.8 Å². The summed E-state index contributed by atoms with van der Waals surface area (Å²) in [7, 11) is 0. The van der Waals surface area contributed by atoms with Crippen LogP contribution in [0, 0.1) is 5.92 Å². The highest BCUT2D eigenvalue weighted by Crippen LogP contribution is 2.36. The van der Waals surface area contributed by atoms with E-state index >= 15 is 0 Å². The smallest absolute Gasteiger partial charge is 0.328 e. The van der Waals surface area contributed by atoms with E-state index in [2.05, 4.69) is 32.9 Å². The standard InChI is InChI=1S/C19H25F3N2S/c1-18(2,3)17-23-15-11-14(25-12-13-5-6-13)7-8-16(15)24(17)10-4-9-19(20,21)22/h7-8,11,13H,4-6,9-10,12H2,1-3H3. The molecule has 0 radical (unpaired) electrons. The maximum Gasteiger partial charge on any atom is 0.389 e. The molecule has 0 atom stereocenters. The van der Waals surface area contributed by atoms with Crippen molar-refractivity contribution in [2.75, 3.05) is 5.75 Å². The van der Waals surface area contributed by atoms with E-state index in [1.54, 1.807) is 0 Å². The first-order valence-electron chi connectivity index (χ1n) is 8.84. The summed E-state index contributed by atoms with van der Waals surface area (Å²) in [6.07, 6.45) is -2.12. The van der Waals surface area contributed by atoms with Crippen LogP contribution >= 0.6 is 11.8 Å². The van der Waals surface area contributed by atoms with Crippen LogP contribution in [-0.2, 0) is 12.0 Å². The number of benzene rings is 1. The van der Waals surface area contributed by atoms with Crippen LogP contribution in [0.15, 0.2) is 23.1 Å². The van der Waals surface area contributed by atoms with E-state index in [-0.39, 0.29) is 11.8 Å². The van der Waals surface area contributed by atoms with Crippen molar-refractivity contribution in [2.24, 2.45) is 5.92 Å². The van der Waals surface area contributed by atoms with Gasteiger partial charge in [-0.2, -0.15) is 13.2 Å². The number of imidazole rings is 1. The summed E-state index contributed by atoms with van der Waals surface area (Å²) in [5.41, 5.74) is 1.61. The molecule has 0 bridgehead atoms. The lowest BCUT2D eigenvalue weighted by atomic mass is 9.95.